The summed E-state index contributed by atoms with van der Waals surface area (Å²) in [5.41, 5.74) is 6.96. The average molecular weight is 286 g/mol. The Kier molecular flexibility index (Phi) is 5.59. The Morgan fingerprint density at radius 3 is 2.42 bits per heavy atom. The van der Waals surface area contributed by atoms with Crippen LogP contribution in [0.3, 0.4) is 0 Å². The number of rotatable bonds is 7. The molecule has 7 heteroatoms. The van der Waals surface area contributed by atoms with Gasteiger partial charge in [0.25, 0.3) is 10.2 Å². The summed E-state index contributed by atoms with van der Waals surface area (Å²) >= 11 is 0. The number of benzene rings is 1. The molecule has 0 radical (unpaired) electrons. The third-order valence-corrected chi connectivity index (χ3v) is 3.46. The zero-order valence-corrected chi connectivity index (χ0v) is 12.1. The lowest BCUT2D eigenvalue weighted by atomic mass is 9.96. The molecule has 0 amide bonds. The SMILES string of the molecule is CC(C)C(CN)CNc1cccc(NS(N)(=O)=O)c1. The normalized spacial score (nSPS) is 13.3. The second kappa shape index (κ2) is 6.74. The highest BCUT2D eigenvalue weighted by Crippen LogP contribution is 2.17. The average Bonchev–Trinajstić information content (AvgIpc) is 2.27. The van der Waals surface area contributed by atoms with Crippen LogP contribution in [-0.4, -0.2) is 21.5 Å². The molecular weight excluding hydrogens is 264 g/mol. The van der Waals surface area contributed by atoms with Gasteiger partial charge in [0.2, 0.25) is 0 Å². The molecule has 0 saturated heterocycles. The van der Waals surface area contributed by atoms with E-state index in [1.165, 1.54) is 0 Å². The van der Waals surface area contributed by atoms with Crippen molar-refractivity contribution in [2.75, 3.05) is 23.1 Å². The van der Waals surface area contributed by atoms with Crippen LogP contribution in [0.2, 0.25) is 0 Å². The van der Waals surface area contributed by atoms with Crippen LogP contribution in [0.1, 0.15) is 13.8 Å². The van der Waals surface area contributed by atoms with Crippen LogP contribution >= 0.6 is 0 Å². The molecule has 108 valence electrons. The van der Waals surface area contributed by atoms with Crippen molar-refractivity contribution >= 4 is 21.6 Å². The molecule has 19 heavy (non-hydrogen) atoms. The quantitative estimate of drug-likeness (QED) is 0.598. The fraction of sp³-hybridized carbons (Fsp3) is 0.500. The predicted octanol–water partition coefficient (Wildman–Crippen LogP) is 0.945. The first-order valence-corrected chi connectivity index (χ1v) is 7.71. The molecule has 0 bridgehead atoms. The maximum atomic E-state index is 10.9. The minimum Gasteiger partial charge on any atom is -0.385 e. The summed E-state index contributed by atoms with van der Waals surface area (Å²) < 4.78 is 24.1. The Labute approximate surface area is 114 Å². The minimum atomic E-state index is -3.74. The van der Waals surface area contributed by atoms with Crippen molar-refractivity contribution in [3.63, 3.8) is 0 Å². The topological polar surface area (TPSA) is 110 Å². The van der Waals surface area contributed by atoms with Crippen molar-refractivity contribution in [2.45, 2.75) is 13.8 Å². The van der Waals surface area contributed by atoms with Gasteiger partial charge in [-0.15, -0.1) is 0 Å². The Bertz CT molecular complexity index is 502. The lowest BCUT2D eigenvalue weighted by molar-refractivity contribution is 0.413. The number of nitrogens with one attached hydrogen (secondary N) is 2. The summed E-state index contributed by atoms with van der Waals surface area (Å²) in [6, 6.07) is 6.95. The number of anilines is 2. The maximum absolute atomic E-state index is 10.9. The van der Waals surface area contributed by atoms with E-state index < -0.39 is 10.2 Å². The van der Waals surface area contributed by atoms with Gasteiger partial charge in [-0.1, -0.05) is 19.9 Å². The van der Waals surface area contributed by atoms with Crippen LogP contribution in [0, 0.1) is 11.8 Å². The first-order valence-electron chi connectivity index (χ1n) is 6.16. The predicted molar refractivity (Wildman–Crippen MR) is 79.0 cm³/mol. The smallest absolute Gasteiger partial charge is 0.296 e. The summed E-state index contributed by atoms with van der Waals surface area (Å²) in [6.07, 6.45) is 0. The summed E-state index contributed by atoms with van der Waals surface area (Å²) in [7, 11) is -3.74. The Balaban J connectivity index is 2.67. The number of hydrogen-bond acceptors (Lipinski definition) is 4. The fourth-order valence-corrected chi connectivity index (χ4v) is 2.15. The summed E-state index contributed by atoms with van der Waals surface area (Å²) in [5.74, 6) is 0.859. The van der Waals surface area contributed by atoms with Crippen molar-refractivity contribution in [1.29, 1.82) is 0 Å². The van der Waals surface area contributed by atoms with E-state index in [9.17, 15) is 8.42 Å². The van der Waals surface area contributed by atoms with E-state index in [0.29, 0.717) is 24.1 Å². The van der Waals surface area contributed by atoms with Crippen molar-refractivity contribution in [2.24, 2.45) is 22.7 Å². The van der Waals surface area contributed by atoms with E-state index in [4.69, 9.17) is 10.9 Å². The van der Waals surface area contributed by atoms with E-state index in [0.717, 1.165) is 12.2 Å². The van der Waals surface area contributed by atoms with E-state index in [1.807, 2.05) is 6.07 Å². The lowest BCUT2D eigenvalue weighted by Gasteiger charge is -2.20. The molecule has 0 aliphatic heterocycles. The van der Waals surface area contributed by atoms with Gasteiger partial charge in [-0.3, -0.25) is 4.72 Å². The zero-order chi connectivity index (χ0) is 14.5. The van der Waals surface area contributed by atoms with Gasteiger partial charge in [0.05, 0.1) is 5.69 Å². The maximum Gasteiger partial charge on any atom is 0.296 e. The summed E-state index contributed by atoms with van der Waals surface area (Å²) in [4.78, 5) is 0. The zero-order valence-electron chi connectivity index (χ0n) is 11.3. The van der Waals surface area contributed by atoms with Crippen molar-refractivity contribution in [3.05, 3.63) is 24.3 Å². The van der Waals surface area contributed by atoms with Gasteiger partial charge in [0.15, 0.2) is 0 Å². The van der Waals surface area contributed by atoms with Crippen molar-refractivity contribution in [3.8, 4) is 0 Å². The van der Waals surface area contributed by atoms with Gasteiger partial charge in [-0.25, -0.2) is 5.14 Å². The van der Waals surface area contributed by atoms with Crippen LogP contribution in [0.25, 0.3) is 0 Å². The molecule has 0 heterocycles. The van der Waals surface area contributed by atoms with E-state index in [1.54, 1.807) is 18.2 Å². The van der Waals surface area contributed by atoms with Crippen LogP contribution in [-0.2, 0) is 10.2 Å². The van der Waals surface area contributed by atoms with E-state index in [2.05, 4.69) is 23.9 Å². The van der Waals surface area contributed by atoms with Gasteiger partial charge < -0.3 is 11.1 Å². The molecule has 0 fully saturated rings. The van der Waals surface area contributed by atoms with E-state index >= 15 is 0 Å². The lowest BCUT2D eigenvalue weighted by Crippen LogP contribution is -2.27. The summed E-state index contributed by atoms with van der Waals surface area (Å²) in [5, 5.41) is 8.17. The second-order valence-electron chi connectivity index (χ2n) is 4.85. The number of hydrogen-bond donors (Lipinski definition) is 4. The largest absolute Gasteiger partial charge is 0.385 e. The van der Waals surface area contributed by atoms with Crippen molar-refractivity contribution < 1.29 is 8.42 Å². The van der Waals surface area contributed by atoms with Crippen LogP contribution in [0.15, 0.2) is 24.3 Å². The van der Waals surface area contributed by atoms with Crippen LogP contribution < -0.4 is 20.9 Å². The van der Waals surface area contributed by atoms with Gasteiger partial charge in [-0.2, -0.15) is 8.42 Å². The Hall–Kier alpha value is -1.31. The number of nitrogens with two attached hydrogens (primary N) is 2. The van der Waals surface area contributed by atoms with E-state index in [-0.39, 0.29) is 0 Å². The highest BCUT2D eigenvalue weighted by atomic mass is 32.2. The van der Waals surface area contributed by atoms with Gasteiger partial charge in [0.1, 0.15) is 0 Å². The Morgan fingerprint density at radius 2 is 1.89 bits per heavy atom. The molecule has 6 nitrogen and oxygen atoms in total. The highest BCUT2D eigenvalue weighted by Gasteiger charge is 2.11. The molecular formula is C12H22N4O2S. The third-order valence-electron chi connectivity index (χ3n) is 2.94. The molecule has 0 spiro atoms. The second-order valence-corrected chi connectivity index (χ2v) is 6.14. The summed E-state index contributed by atoms with van der Waals surface area (Å²) in [6.45, 7) is 5.60. The fourth-order valence-electron chi connectivity index (χ4n) is 1.70. The molecule has 0 saturated carbocycles. The molecule has 0 aromatic heterocycles. The third kappa shape index (κ3) is 5.91. The molecule has 1 atom stereocenters. The van der Waals surface area contributed by atoms with Crippen LogP contribution in [0.5, 0.6) is 0 Å². The molecule has 1 aromatic carbocycles. The first kappa shape index (κ1) is 15.7. The monoisotopic (exact) mass is 286 g/mol. The van der Waals surface area contributed by atoms with Gasteiger partial charge in [0, 0.05) is 12.2 Å². The Morgan fingerprint density at radius 1 is 1.26 bits per heavy atom. The van der Waals surface area contributed by atoms with Gasteiger partial charge in [-0.05, 0) is 36.6 Å². The van der Waals surface area contributed by atoms with Gasteiger partial charge >= 0.3 is 0 Å². The first-order chi connectivity index (χ1) is 8.81. The molecule has 1 aromatic rings. The molecule has 6 N–H and O–H groups in total. The highest BCUT2D eigenvalue weighted by molar-refractivity contribution is 7.90. The minimum absolute atomic E-state index is 0.370. The standard InChI is InChI=1S/C12H22N4O2S/c1-9(2)10(7-13)8-15-11-4-3-5-12(6-11)16-19(14,17)18/h3-6,9-10,15-16H,7-8,13H2,1-2H3,(H2,14,17,18). The molecule has 0 aliphatic rings. The molecule has 1 rings (SSSR count). The molecule has 0 aliphatic carbocycles. The molecule has 1 unspecified atom stereocenters. The van der Waals surface area contributed by atoms with Crippen LogP contribution in [0.4, 0.5) is 11.4 Å². The van der Waals surface area contributed by atoms with Crippen molar-refractivity contribution in [1.82, 2.24) is 0 Å².